The van der Waals surface area contributed by atoms with E-state index < -0.39 is 23.2 Å². The number of nitrogens with one attached hydrogen (secondary N) is 1. The Hall–Kier alpha value is 0.0401. The third-order valence-corrected chi connectivity index (χ3v) is 6.29. The monoisotopic (exact) mass is 306 g/mol. The van der Waals surface area contributed by atoms with Crippen molar-refractivity contribution < 1.29 is 0 Å². The van der Waals surface area contributed by atoms with Gasteiger partial charge in [-0.3, -0.25) is 0 Å². The van der Waals surface area contributed by atoms with Crippen molar-refractivity contribution in [1.82, 2.24) is 8.20 Å². The average molecular weight is 306 g/mol. The van der Waals surface area contributed by atoms with Crippen molar-refractivity contribution in [1.29, 1.82) is 0 Å². The van der Waals surface area contributed by atoms with E-state index in [9.17, 15) is 0 Å². The molecule has 3 nitrogen and oxygen atoms in total. The number of nitrogens with zero attached hydrogens (tertiary/aromatic N) is 2. The van der Waals surface area contributed by atoms with Gasteiger partial charge in [-0.05, 0) is 0 Å². The second-order valence-electron chi connectivity index (χ2n) is 4.79. The van der Waals surface area contributed by atoms with Crippen LogP contribution in [0, 0.1) is 11.8 Å². The van der Waals surface area contributed by atoms with Crippen LogP contribution < -0.4 is 3.30 Å². The molecule has 3 saturated heterocycles. The Morgan fingerprint density at radius 1 is 1.47 bits per heavy atom. The van der Waals surface area contributed by atoms with Gasteiger partial charge in [-0.1, -0.05) is 0 Å². The Kier molecular flexibility index (Phi) is 3.06. The summed E-state index contributed by atoms with van der Waals surface area (Å²) in [6, 6.07) is 0. The molecule has 0 unspecified atom stereocenters. The fourth-order valence-corrected chi connectivity index (χ4v) is 5.02. The molecular formula is C11H17InN3. The van der Waals surface area contributed by atoms with Crippen molar-refractivity contribution in [2.24, 2.45) is 16.8 Å². The molecule has 4 heteroatoms. The van der Waals surface area contributed by atoms with E-state index in [2.05, 4.69) is 18.1 Å². The molecule has 0 aliphatic carbocycles. The Morgan fingerprint density at radius 2 is 2.33 bits per heavy atom. The summed E-state index contributed by atoms with van der Waals surface area (Å²) in [5, 5.41) is 0. The molecule has 2 bridgehead atoms. The van der Waals surface area contributed by atoms with E-state index >= 15 is 0 Å². The van der Waals surface area contributed by atoms with Gasteiger partial charge in [0.15, 0.2) is 0 Å². The predicted molar refractivity (Wildman–Crippen MR) is 63.0 cm³/mol. The topological polar surface area (TPSA) is 27.6 Å². The van der Waals surface area contributed by atoms with E-state index in [0.29, 0.717) is 0 Å². The number of hydrogen-bond donors (Lipinski definition) is 1. The third-order valence-electron chi connectivity index (χ3n) is 3.87. The first-order valence-electron chi connectivity index (χ1n) is 5.95. The van der Waals surface area contributed by atoms with Crippen molar-refractivity contribution >= 4 is 29.0 Å². The van der Waals surface area contributed by atoms with Gasteiger partial charge in [0, 0.05) is 0 Å². The molecule has 4 aliphatic heterocycles. The molecule has 1 atom stereocenters. The Bertz CT molecular complexity index is 292. The van der Waals surface area contributed by atoms with E-state index in [1.54, 1.807) is 0 Å². The van der Waals surface area contributed by atoms with Gasteiger partial charge in [-0.25, -0.2) is 0 Å². The molecule has 0 aromatic rings. The number of rotatable bonds is 2. The number of amidine groups is 1. The maximum atomic E-state index is 4.71. The average Bonchev–Trinajstić information content (AvgIpc) is 2.81. The molecule has 0 aromatic carbocycles. The van der Waals surface area contributed by atoms with E-state index in [4.69, 9.17) is 4.99 Å². The number of hydrogen-bond acceptors (Lipinski definition) is 2. The van der Waals surface area contributed by atoms with Gasteiger partial charge in [0.25, 0.3) is 0 Å². The molecule has 3 fully saturated rings. The van der Waals surface area contributed by atoms with Gasteiger partial charge in [0.1, 0.15) is 0 Å². The second kappa shape index (κ2) is 4.50. The summed E-state index contributed by atoms with van der Waals surface area (Å²) in [7, 11) is 0. The number of fused-ring (bicyclic) bond motifs is 3. The van der Waals surface area contributed by atoms with Crippen LogP contribution in [-0.4, -0.2) is 60.1 Å². The second-order valence-corrected chi connectivity index (χ2v) is 7.67. The molecule has 79 valence electrons. The van der Waals surface area contributed by atoms with E-state index in [-0.39, 0.29) is 0 Å². The first-order chi connectivity index (χ1) is 7.42. The molecule has 4 aliphatic rings. The van der Waals surface area contributed by atoms with Crippen LogP contribution in [0.3, 0.4) is 0 Å². The van der Waals surface area contributed by atoms with Gasteiger partial charge in [0.2, 0.25) is 0 Å². The quantitative estimate of drug-likeness (QED) is 0.803. The van der Waals surface area contributed by atoms with E-state index in [1.807, 2.05) is 0 Å². The Morgan fingerprint density at radius 3 is 2.93 bits per heavy atom. The van der Waals surface area contributed by atoms with Crippen molar-refractivity contribution in [3.05, 3.63) is 9.91 Å². The fourth-order valence-electron chi connectivity index (χ4n) is 2.93. The summed E-state index contributed by atoms with van der Waals surface area (Å²) in [5.74, 6) is 2.97. The zero-order chi connectivity index (χ0) is 10.1. The Balaban J connectivity index is 1.59. The molecule has 0 aromatic heterocycles. The molecule has 1 radical (unpaired) electrons. The summed E-state index contributed by atoms with van der Waals surface area (Å²) in [5.41, 5.74) is 0. The van der Waals surface area contributed by atoms with Crippen LogP contribution in [0.25, 0.3) is 0 Å². The van der Waals surface area contributed by atoms with Gasteiger partial charge >= 0.3 is 103 Å². The SMILES string of the molecule is [CH]1=CC(=NC[C@@H]2CN3CCC2CC3)[NH][In]1. The van der Waals surface area contributed by atoms with Gasteiger partial charge in [-0.15, -0.1) is 0 Å². The summed E-state index contributed by atoms with van der Waals surface area (Å²) in [6.45, 7) is 5.03. The summed E-state index contributed by atoms with van der Waals surface area (Å²) < 4.78 is 5.78. The molecule has 4 rings (SSSR count). The minimum atomic E-state index is -0.536. The minimum absolute atomic E-state index is 0.536. The molecule has 4 heterocycles. The van der Waals surface area contributed by atoms with Gasteiger partial charge < -0.3 is 0 Å². The van der Waals surface area contributed by atoms with E-state index in [1.165, 1.54) is 38.3 Å². The summed E-state index contributed by atoms with van der Waals surface area (Å²) in [4.78, 5) is 7.32. The molecule has 0 spiro atoms. The molecule has 15 heavy (non-hydrogen) atoms. The molecular weight excluding hydrogens is 289 g/mol. The van der Waals surface area contributed by atoms with Crippen molar-refractivity contribution in [2.75, 3.05) is 26.2 Å². The standard InChI is InChI=1S/C11H17N3.In/c1-2-11(12)13-7-10-8-14-5-3-9(10)4-6-14;/h1-2,9-10H,3-8H2,(H-,12,13);/q-1;+1/t10-;/m1./s1. The van der Waals surface area contributed by atoms with Crippen LogP contribution in [0.15, 0.2) is 14.9 Å². The van der Waals surface area contributed by atoms with Crippen LogP contribution in [0.4, 0.5) is 0 Å². The van der Waals surface area contributed by atoms with Crippen molar-refractivity contribution in [3.63, 3.8) is 0 Å². The maximum absolute atomic E-state index is 4.71. The molecule has 0 amide bonds. The van der Waals surface area contributed by atoms with Crippen LogP contribution in [0.2, 0.25) is 0 Å². The fraction of sp³-hybridized carbons (Fsp3) is 0.727. The van der Waals surface area contributed by atoms with Crippen LogP contribution in [0.5, 0.6) is 0 Å². The van der Waals surface area contributed by atoms with Gasteiger partial charge in [-0.2, -0.15) is 0 Å². The molecule has 1 N–H and O–H groups in total. The van der Waals surface area contributed by atoms with Crippen molar-refractivity contribution in [3.8, 4) is 0 Å². The number of aliphatic imine (C=N–C) groups is 1. The summed E-state index contributed by atoms with van der Waals surface area (Å²) >= 11 is -0.536. The zero-order valence-electron chi connectivity index (χ0n) is 9.02. The van der Waals surface area contributed by atoms with Gasteiger partial charge in [0.05, 0.1) is 0 Å². The van der Waals surface area contributed by atoms with Crippen LogP contribution >= 0.6 is 0 Å². The Labute approximate surface area is 103 Å². The van der Waals surface area contributed by atoms with Crippen molar-refractivity contribution in [2.45, 2.75) is 12.8 Å². The van der Waals surface area contributed by atoms with Crippen LogP contribution in [0.1, 0.15) is 12.8 Å². The third kappa shape index (κ3) is 2.26. The van der Waals surface area contributed by atoms with E-state index in [0.717, 1.165) is 18.4 Å². The first kappa shape index (κ1) is 10.2. The predicted octanol–water partition coefficient (Wildman–Crippen LogP) is 0.463. The number of piperidine rings is 3. The van der Waals surface area contributed by atoms with Crippen LogP contribution in [-0.2, 0) is 0 Å². The molecule has 0 saturated carbocycles. The summed E-state index contributed by atoms with van der Waals surface area (Å²) in [6.07, 6.45) is 5.01. The first-order valence-corrected chi connectivity index (χ1v) is 9.50. The normalized spacial score (nSPS) is 40.5. The zero-order valence-corrected chi connectivity index (χ0v) is 12.3.